The van der Waals surface area contributed by atoms with E-state index in [0.717, 1.165) is 24.0 Å². The highest BCUT2D eigenvalue weighted by atomic mass is 32.2. The van der Waals surface area contributed by atoms with Crippen molar-refractivity contribution in [2.45, 2.75) is 31.4 Å². The van der Waals surface area contributed by atoms with Gasteiger partial charge in [-0.05, 0) is 42.2 Å². The molecule has 152 valence electrons. The molecule has 0 saturated carbocycles. The monoisotopic (exact) mass is 411 g/mol. The second-order valence-corrected chi connectivity index (χ2v) is 7.74. The van der Waals surface area contributed by atoms with Gasteiger partial charge in [-0.15, -0.1) is 5.10 Å². The van der Waals surface area contributed by atoms with Crippen LogP contribution in [0, 0.1) is 0 Å². The quantitative estimate of drug-likeness (QED) is 0.384. The summed E-state index contributed by atoms with van der Waals surface area (Å²) in [6.07, 6.45) is 4.37. The lowest BCUT2D eigenvalue weighted by Gasteiger charge is -2.10. The fraction of sp³-hybridized carbons (Fsp3) is 0.318. The molecule has 1 aliphatic rings. The molecule has 2 aromatic rings. The number of nitrogens with zero attached hydrogens (tertiary/aromatic N) is 2. The fourth-order valence-corrected chi connectivity index (χ4v) is 3.74. The van der Waals surface area contributed by atoms with Crippen molar-refractivity contribution in [1.82, 2.24) is 5.32 Å². The van der Waals surface area contributed by atoms with Gasteiger partial charge < -0.3 is 14.8 Å². The van der Waals surface area contributed by atoms with Gasteiger partial charge in [-0.25, -0.2) is 0 Å². The van der Waals surface area contributed by atoms with Crippen LogP contribution in [0.3, 0.4) is 0 Å². The molecular formula is C22H25N3O3S. The van der Waals surface area contributed by atoms with E-state index in [-0.39, 0.29) is 11.2 Å². The number of hydrogen-bond acceptors (Lipinski definition) is 6. The number of benzene rings is 2. The lowest BCUT2D eigenvalue weighted by molar-refractivity contribution is -0.118. The maximum Gasteiger partial charge on any atom is 0.239 e. The maximum atomic E-state index is 12.2. The lowest BCUT2D eigenvalue weighted by Crippen LogP contribution is -2.25. The first-order valence-electron chi connectivity index (χ1n) is 9.63. The molecule has 0 spiro atoms. The van der Waals surface area contributed by atoms with Gasteiger partial charge in [-0.1, -0.05) is 55.4 Å². The number of rotatable bonds is 9. The molecule has 1 amide bonds. The number of nitrogens with one attached hydrogen (secondary N) is 1. The standard InChI is InChI=1S/C22H25N3O3S/c1-3-4-12-28-18-11-10-17(13-19(18)27-2)15-23-25-22-24-21(26)20(29-22)14-16-8-6-5-7-9-16/h5-11,13,15,20H,3-4,12,14H2,1-2H3,(H,24,25,26). The Balaban J connectivity index is 1.60. The Morgan fingerprint density at radius 3 is 2.76 bits per heavy atom. The number of thioether (sulfide) groups is 1. The van der Waals surface area contributed by atoms with Crippen LogP contribution < -0.4 is 14.8 Å². The highest BCUT2D eigenvalue weighted by Gasteiger charge is 2.30. The third kappa shape index (κ3) is 6.09. The van der Waals surface area contributed by atoms with Gasteiger partial charge in [0, 0.05) is 0 Å². The summed E-state index contributed by atoms with van der Waals surface area (Å²) < 4.78 is 11.1. The third-order valence-electron chi connectivity index (χ3n) is 4.34. The predicted molar refractivity (Wildman–Crippen MR) is 118 cm³/mol. The smallest absolute Gasteiger partial charge is 0.239 e. The molecule has 0 aromatic heterocycles. The van der Waals surface area contributed by atoms with E-state index < -0.39 is 0 Å². The van der Waals surface area contributed by atoms with Crippen molar-refractivity contribution in [3.63, 3.8) is 0 Å². The SMILES string of the molecule is CCCCOc1ccc(C=NN=C2NC(=O)C(Cc3ccccc3)S2)cc1OC. The minimum Gasteiger partial charge on any atom is -0.493 e. The minimum atomic E-state index is -0.189. The molecule has 1 unspecified atom stereocenters. The van der Waals surface area contributed by atoms with E-state index in [4.69, 9.17) is 9.47 Å². The molecule has 2 aromatic carbocycles. The number of carbonyl (C=O) groups excluding carboxylic acids is 1. The summed E-state index contributed by atoms with van der Waals surface area (Å²) in [5, 5.41) is 11.4. The van der Waals surface area contributed by atoms with Crippen LogP contribution in [0.5, 0.6) is 11.5 Å². The van der Waals surface area contributed by atoms with Gasteiger partial charge in [0.1, 0.15) is 0 Å². The van der Waals surface area contributed by atoms with Crippen molar-refractivity contribution in [3.8, 4) is 11.5 Å². The van der Waals surface area contributed by atoms with Crippen LogP contribution >= 0.6 is 11.8 Å². The number of methoxy groups -OCH3 is 1. The van der Waals surface area contributed by atoms with Crippen LogP contribution in [0.1, 0.15) is 30.9 Å². The average Bonchev–Trinajstić information content (AvgIpc) is 3.08. The Morgan fingerprint density at radius 2 is 2.00 bits per heavy atom. The Kier molecular flexibility index (Phi) is 7.69. The number of amidine groups is 1. The average molecular weight is 412 g/mol. The van der Waals surface area contributed by atoms with E-state index in [2.05, 4.69) is 22.4 Å². The van der Waals surface area contributed by atoms with Crippen LogP contribution in [0.4, 0.5) is 0 Å². The summed E-state index contributed by atoms with van der Waals surface area (Å²) in [5.74, 6) is 1.33. The van der Waals surface area contributed by atoms with Crippen molar-refractivity contribution in [2.24, 2.45) is 10.2 Å². The zero-order valence-electron chi connectivity index (χ0n) is 16.6. The summed E-state index contributed by atoms with van der Waals surface area (Å²) in [4.78, 5) is 12.2. The van der Waals surface area contributed by atoms with Crippen molar-refractivity contribution < 1.29 is 14.3 Å². The van der Waals surface area contributed by atoms with Gasteiger partial charge in [0.25, 0.3) is 0 Å². The van der Waals surface area contributed by atoms with Crippen molar-refractivity contribution in [2.75, 3.05) is 13.7 Å². The Morgan fingerprint density at radius 1 is 1.17 bits per heavy atom. The predicted octanol–water partition coefficient (Wildman–Crippen LogP) is 4.04. The van der Waals surface area contributed by atoms with Crippen molar-refractivity contribution >= 4 is 29.1 Å². The van der Waals surface area contributed by atoms with E-state index in [1.807, 2.05) is 48.5 Å². The Labute approximate surface area is 175 Å². The zero-order chi connectivity index (χ0) is 20.5. The van der Waals surface area contributed by atoms with Crippen LogP contribution in [-0.4, -0.2) is 36.3 Å². The molecule has 3 rings (SSSR count). The second-order valence-electron chi connectivity index (χ2n) is 6.55. The molecule has 1 N–H and O–H groups in total. The topological polar surface area (TPSA) is 72.3 Å². The number of unbranched alkanes of at least 4 members (excludes halogenated alkanes) is 1. The minimum absolute atomic E-state index is 0.0388. The molecule has 6 nitrogen and oxygen atoms in total. The fourth-order valence-electron chi connectivity index (χ4n) is 2.77. The van der Waals surface area contributed by atoms with Crippen LogP contribution in [0.25, 0.3) is 0 Å². The van der Waals surface area contributed by atoms with Crippen molar-refractivity contribution in [3.05, 3.63) is 59.7 Å². The largest absolute Gasteiger partial charge is 0.493 e. The van der Waals surface area contributed by atoms with Gasteiger partial charge in [0.2, 0.25) is 5.91 Å². The molecule has 1 heterocycles. The molecule has 29 heavy (non-hydrogen) atoms. The molecule has 0 bridgehead atoms. The normalized spacial score (nSPS) is 17.7. The molecule has 1 saturated heterocycles. The molecule has 1 fully saturated rings. The maximum absolute atomic E-state index is 12.2. The highest BCUT2D eigenvalue weighted by molar-refractivity contribution is 8.15. The van der Waals surface area contributed by atoms with Gasteiger partial charge in [-0.2, -0.15) is 5.10 Å². The first-order chi connectivity index (χ1) is 14.2. The molecule has 1 atom stereocenters. The number of carbonyl (C=O) groups is 1. The zero-order valence-corrected chi connectivity index (χ0v) is 17.4. The van der Waals surface area contributed by atoms with Crippen LogP contribution in [0.15, 0.2) is 58.7 Å². The van der Waals surface area contributed by atoms with E-state index in [9.17, 15) is 4.79 Å². The summed E-state index contributed by atoms with van der Waals surface area (Å²) in [7, 11) is 1.61. The van der Waals surface area contributed by atoms with E-state index in [0.29, 0.717) is 29.7 Å². The van der Waals surface area contributed by atoms with Crippen molar-refractivity contribution in [1.29, 1.82) is 0 Å². The number of amides is 1. The second kappa shape index (κ2) is 10.7. The highest BCUT2D eigenvalue weighted by Crippen LogP contribution is 2.28. The summed E-state index contributed by atoms with van der Waals surface area (Å²) in [6, 6.07) is 15.6. The number of ether oxygens (including phenoxy) is 2. The van der Waals surface area contributed by atoms with Crippen LogP contribution in [0.2, 0.25) is 0 Å². The molecule has 1 aliphatic heterocycles. The Hall–Kier alpha value is -2.80. The molecule has 0 radical (unpaired) electrons. The summed E-state index contributed by atoms with van der Waals surface area (Å²) in [6.45, 7) is 2.78. The van der Waals surface area contributed by atoms with Crippen LogP contribution in [-0.2, 0) is 11.2 Å². The van der Waals surface area contributed by atoms with Gasteiger partial charge in [-0.3, -0.25) is 4.79 Å². The molecular weight excluding hydrogens is 386 g/mol. The van der Waals surface area contributed by atoms with Gasteiger partial charge >= 0.3 is 0 Å². The lowest BCUT2D eigenvalue weighted by atomic mass is 10.1. The van der Waals surface area contributed by atoms with Gasteiger partial charge in [0.05, 0.1) is 25.2 Å². The first kappa shape index (κ1) is 20.9. The van der Waals surface area contributed by atoms with E-state index in [1.54, 1.807) is 13.3 Å². The van der Waals surface area contributed by atoms with E-state index in [1.165, 1.54) is 11.8 Å². The van der Waals surface area contributed by atoms with Gasteiger partial charge in [0.15, 0.2) is 16.7 Å². The number of hydrogen-bond donors (Lipinski definition) is 1. The molecule has 0 aliphatic carbocycles. The summed E-state index contributed by atoms with van der Waals surface area (Å²) in [5.41, 5.74) is 1.96. The first-order valence-corrected chi connectivity index (χ1v) is 10.5. The summed E-state index contributed by atoms with van der Waals surface area (Å²) >= 11 is 1.40. The molecule has 7 heteroatoms. The third-order valence-corrected chi connectivity index (χ3v) is 5.41. The van der Waals surface area contributed by atoms with E-state index >= 15 is 0 Å². The Bertz CT molecular complexity index is 884.